The van der Waals surface area contributed by atoms with E-state index < -0.39 is 5.97 Å². The van der Waals surface area contributed by atoms with Crippen molar-refractivity contribution >= 4 is 40.7 Å². The molecule has 0 saturated carbocycles. The molecule has 3 unspecified atom stereocenters. The van der Waals surface area contributed by atoms with Gasteiger partial charge in [-0.3, -0.25) is 19.3 Å². The van der Waals surface area contributed by atoms with Gasteiger partial charge in [0, 0.05) is 41.6 Å². The van der Waals surface area contributed by atoms with Gasteiger partial charge >= 0.3 is 11.9 Å². The molecule has 10 nitrogen and oxygen atoms in total. The van der Waals surface area contributed by atoms with Gasteiger partial charge in [0.2, 0.25) is 11.6 Å². The first-order chi connectivity index (χ1) is 30.9. The van der Waals surface area contributed by atoms with Crippen molar-refractivity contribution < 1.29 is 33.0 Å². The topological polar surface area (TPSA) is 99.0 Å². The van der Waals surface area contributed by atoms with Crippen LogP contribution in [0.25, 0.3) is 0 Å². The van der Waals surface area contributed by atoms with Crippen molar-refractivity contribution in [1.82, 2.24) is 4.90 Å². The predicted molar refractivity (Wildman–Crippen MR) is 241 cm³/mol. The van der Waals surface area contributed by atoms with Crippen LogP contribution in [-0.2, 0) is 32.2 Å². The van der Waals surface area contributed by atoms with Crippen molar-refractivity contribution in [3.63, 3.8) is 0 Å². The predicted octanol–water partition coefficient (Wildman–Crippen LogP) is 7.76. The molecule has 5 aliphatic heterocycles. The summed E-state index contributed by atoms with van der Waals surface area (Å²) in [4.78, 5) is 57.3. The van der Waals surface area contributed by atoms with Crippen LogP contribution in [0.5, 0.6) is 0 Å². The van der Waals surface area contributed by atoms with Crippen molar-refractivity contribution in [3.8, 4) is 0 Å². The number of para-hydroxylation sites is 2. The molecule has 0 aromatic heterocycles. The van der Waals surface area contributed by atoms with Gasteiger partial charge in [0.1, 0.15) is 6.54 Å². The zero-order valence-corrected chi connectivity index (χ0v) is 35.0. The molecule has 1 spiro atoms. The van der Waals surface area contributed by atoms with Crippen LogP contribution in [0.15, 0.2) is 170 Å². The summed E-state index contributed by atoms with van der Waals surface area (Å²) in [5.41, 5.74) is 7.77. The molecule has 2 amide bonds. The Morgan fingerprint density at radius 1 is 0.714 bits per heavy atom. The lowest BCUT2D eigenvalue weighted by Gasteiger charge is -2.42. The van der Waals surface area contributed by atoms with Gasteiger partial charge in [-0.2, -0.15) is 9.38 Å². The van der Waals surface area contributed by atoms with Crippen LogP contribution in [0.1, 0.15) is 63.9 Å². The first-order valence-electron chi connectivity index (χ1n) is 21.9. The highest BCUT2D eigenvalue weighted by atomic mass is 16.6. The van der Waals surface area contributed by atoms with Gasteiger partial charge in [-0.25, -0.2) is 4.79 Å². The number of benzene rings is 6. The standard InChI is InChI=1S/C28H25N3O3.C25H24N2O2/c32-25-18-29-26(21-12-5-2-6-13-21)22-14-7-8-15-23(22)30-27(33)24-16-9-17-31(24,28(29,30)34-25)19-20-10-3-1-4-11-20;28-24(20-12-5-2-6-13-20)21-14-7-8-15-22(21)26-25(29)23-16-9-17-27(23)18-19-10-3-1-4-11-19/h1-8,10-15,24H,9,16-19H2;1-8,10-15,23H,9,16-18H2,(H,26,29)/q+2;/t24?,28?,31-;/m0./s1. The summed E-state index contributed by atoms with van der Waals surface area (Å²) < 4.78 is 8.87. The Kier molecular flexibility index (Phi) is 10.6. The van der Waals surface area contributed by atoms with Crippen molar-refractivity contribution in [2.45, 2.75) is 56.8 Å². The molecule has 0 aliphatic carbocycles. The Labute approximate surface area is 367 Å². The average Bonchev–Trinajstić information content (AvgIpc) is 4.10. The molecule has 0 bridgehead atoms. The SMILES string of the molecule is O=C(c1ccccc1)c1ccccc1NC(=O)C1CCCN1Cc1ccccc1.O=C1C[N+]2=C(c3ccccc3)c3ccccc3N3C(=O)C4CCC[N@@+]4(Cc4ccccc4)C32O1. The second-order valence-electron chi connectivity index (χ2n) is 16.9. The second kappa shape index (κ2) is 16.7. The summed E-state index contributed by atoms with van der Waals surface area (Å²) >= 11 is 0. The van der Waals surface area contributed by atoms with Crippen LogP contribution in [0.4, 0.5) is 11.4 Å². The largest absolute Gasteiger partial charge is 0.558 e. The van der Waals surface area contributed by atoms with Gasteiger partial charge in [0.25, 0.3) is 12.5 Å². The molecule has 4 saturated heterocycles. The second-order valence-corrected chi connectivity index (χ2v) is 16.9. The van der Waals surface area contributed by atoms with Gasteiger partial charge in [-0.05, 0) is 61.3 Å². The van der Waals surface area contributed by atoms with Crippen molar-refractivity contribution in [2.75, 3.05) is 29.9 Å². The fourth-order valence-corrected chi connectivity index (χ4v) is 10.6. The molecule has 314 valence electrons. The van der Waals surface area contributed by atoms with Crippen LogP contribution < -0.4 is 10.2 Å². The minimum absolute atomic E-state index is 0.0488. The number of nitrogens with one attached hydrogen (secondary N) is 1. The normalized spacial score (nSPS) is 23.2. The Morgan fingerprint density at radius 3 is 2.10 bits per heavy atom. The van der Waals surface area contributed by atoms with Gasteiger partial charge in [0.15, 0.2) is 11.8 Å². The van der Waals surface area contributed by atoms with Crippen LogP contribution >= 0.6 is 0 Å². The number of ether oxygens (including phenoxy) is 1. The number of quaternary nitrogens is 1. The van der Waals surface area contributed by atoms with E-state index in [4.69, 9.17) is 4.74 Å². The van der Waals surface area contributed by atoms with Crippen LogP contribution in [0.2, 0.25) is 0 Å². The number of likely N-dealkylation sites (tertiary alicyclic amines) is 1. The maximum atomic E-state index is 14.1. The maximum absolute atomic E-state index is 14.1. The Hall–Kier alpha value is -7.01. The molecule has 4 fully saturated rings. The third-order valence-corrected chi connectivity index (χ3v) is 13.3. The van der Waals surface area contributed by atoms with Gasteiger partial charge < -0.3 is 10.1 Å². The number of hydrogen-bond acceptors (Lipinski definition) is 6. The molecular formula is C53H49N5O5+2. The summed E-state index contributed by atoms with van der Waals surface area (Å²) in [5.74, 6) is -1.60. The van der Waals surface area contributed by atoms with E-state index >= 15 is 0 Å². The zero-order chi connectivity index (χ0) is 43.0. The van der Waals surface area contributed by atoms with E-state index in [0.717, 1.165) is 73.4 Å². The first-order valence-corrected chi connectivity index (χ1v) is 21.9. The minimum Gasteiger partial charge on any atom is -0.327 e. The Balaban J connectivity index is 0.000000152. The van der Waals surface area contributed by atoms with E-state index in [9.17, 15) is 19.2 Å². The molecule has 63 heavy (non-hydrogen) atoms. The van der Waals surface area contributed by atoms with Crippen LogP contribution in [0.3, 0.4) is 0 Å². The lowest BCUT2D eigenvalue weighted by Crippen LogP contribution is -2.72. The molecular weight excluding hydrogens is 787 g/mol. The van der Waals surface area contributed by atoms with E-state index in [1.54, 1.807) is 24.3 Å². The Morgan fingerprint density at radius 2 is 1.35 bits per heavy atom. The molecule has 1 N–H and O–H groups in total. The molecule has 10 heteroatoms. The lowest BCUT2D eigenvalue weighted by molar-refractivity contribution is -1.08. The fraction of sp³-hybridized carbons (Fsp3) is 0.226. The monoisotopic (exact) mass is 835 g/mol. The molecule has 5 aliphatic rings. The number of anilines is 2. The molecule has 0 radical (unpaired) electrons. The molecule has 11 rings (SSSR count). The van der Waals surface area contributed by atoms with Crippen LogP contribution in [0, 0.1) is 0 Å². The number of fused-ring (bicyclic) bond motifs is 3. The maximum Gasteiger partial charge on any atom is 0.558 e. The zero-order valence-electron chi connectivity index (χ0n) is 35.0. The summed E-state index contributed by atoms with van der Waals surface area (Å²) in [6.07, 6.45) is 3.54. The van der Waals surface area contributed by atoms with E-state index in [1.165, 1.54) is 5.56 Å². The number of esters is 1. The average molecular weight is 836 g/mol. The van der Waals surface area contributed by atoms with Gasteiger partial charge in [-0.15, -0.1) is 4.58 Å². The van der Waals surface area contributed by atoms with Crippen LogP contribution in [-0.4, -0.2) is 80.9 Å². The van der Waals surface area contributed by atoms with E-state index in [2.05, 4.69) is 51.2 Å². The first kappa shape index (κ1) is 40.1. The third-order valence-electron chi connectivity index (χ3n) is 13.3. The summed E-state index contributed by atoms with van der Waals surface area (Å²) in [5, 5.41) is 3.02. The molecule has 4 atom stereocenters. The fourth-order valence-electron chi connectivity index (χ4n) is 10.6. The van der Waals surface area contributed by atoms with Gasteiger partial charge in [0.05, 0.1) is 29.5 Å². The quantitative estimate of drug-likeness (QED) is 0.0693. The number of rotatable bonds is 9. The summed E-state index contributed by atoms with van der Waals surface area (Å²) in [7, 11) is 0. The van der Waals surface area contributed by atoms with Crippen molar-refractivity contribution in [2.24, 2.45) is 0 Å². The lowest BCUT2D eigenvalue weighted by atomic mass is 9.97. The van der Waals surface area contributed by atoms with Crippen molar-refractivity contribution in [3.05, 3.63) is 203 Å². The summed E-state index contributed by atoms with van der Waals surface area (Å²) in [6, 6.07) is 54.5. The minimum atomic E-state index is -1.22. The highest BCUT2D eigenvalue weighted by Crippen LogP contribution is 2.54. The van der Waals surface area contributed by atoms with E-state index in [0.29, 0.717) is 27.8 Å². The molecule has 6 aromatic carbocycles. The van der Waals surface area contributed by atoms with E-state index in [1.807, 2.05) is 114 Å². The van der Waals surface area contributed by atoms with Crippen molar-refractivity contribution in [1.29, 1.82) is 0 Å². The summed E-state index contributed by atoms with van der Waals surface area (Å²) in [6.45, 7) is 3.17. The molecule has 5 heterocycles. The van der Waals surface area contributed by atoms with E-state index in [-0.39, 0.29) is 42.2 Å². The number of carbonyl (C=O) groups is 4. The number of hydrogen-bond donors (Lipinski definition) is 1. The Bertz CT molecular complexity index is 2730. The smallest absolute Gasteiger partial charge is 0.327 e. The highest BCUT2D eigenvalue weighted by molar-refractivity contribution is 6.17. The third kappa shape index (κ3) is 6.96. The molecule has 6 aromatic rings. The number of ketones is 1. The number of amides is 2. The van der Waals surface area contributed by atoms with Gasteiger partial charge in [-0.1, -0.05) is 133 Å². The number of carbonyl (C=O) groups excluding carboxylic acids is 4. The highest BCUT2D eigenvalue weighted by Gasteiger charge is 2.85. The number of nitrogens with zero attached hydrogens (tertiary/aromatic N) is 4.